The van der Waals surface area contributed by atoms with Gasteiger partial charge in [0.1, 0.15) is 35.6 Å². The molecule has 2 aromatic carbocycles. The highest BCUT2D eigenvalue weighted by Gasteiger charge is 2.30. The molecule has 9 heteroatoms. The predicted octanol–water partition coefficient (Wildman–Crippen LogP) is 5.24. The summed E-state index contributed by atoms with van der Waals surface area (Å²) in [6.07, 6.45) is 5.67. The standard InChI is InChI=1S/C31H41N7O2/c1-20(2)18-26(37(3)4)31(39)35-22-12-14-23(15-13-22)38-30-27(29(32)33-19-34-30)28(36-38)21-10-16-25(17-11-21)40-24-8-6-5-7-9-24/h5-11,16-17,19-20,22-23,26,31,35,39H,12-15,18H2,1-4H3,(H2,32,33,34)/t22-,23+,26-,31?/m1/s1. The summed E-state index contributed by atoms with van der Waals surface area (Å²) in [6.45, 7) is 4.39. The number of anilines is 1. The van der Waals surface area contributed by atoms with Crippen LogP contribution in [-0.4, -0.2) is 62.2 Å². The van der Waals surface area contributed by atoms with Crippen LogP contribution in [0.15, 0.2) is 60.9 Å². The minimum absolute atomic E-state index is 0.0829. The van der Waals surface area contributed by atoms with E-state index in [2.05, 4.69) is 34.0 Å². The van der Waals surface area contributed by atoms with Gasteiger partial charge in [-0.25, -0.2) is 14.6 Å². The van der Waals surface area contributed by atoms with Gasteiger partial charge in [-0.1, -0.05) is 32.0 Å². The van der Waals surface area contributed by atoms with Crippen LogP contribution in [0.4, 0.5) is 5.82 Å². The Balaban J connectivity index is 1.31. The quantitative estimate of drug-likeness (QED) is 0.233. The minimum Gasteiger partial charge on any atom is -0.457 e. The van der Waals surface area contributed by atoms with Gasteiger partial charge in [0, 0.05) is 17.6 Å². The van der Waals surface area contributed by atoms with Crippen LogP contribution >= 0.6 is 0 Å². The number of rotatable bonds is 10. The monoisotopic (exact) mass is 543 g/mol. The highest BCUT2D eigenvalue weighted by molar-refractivity contribution is 5.98. The molecule has 40 heavy (non-hydrogen) atoms. The molecule has 0 spiro atoms. The number of fused-ring (bicyclic) bond motifs is 1. The molecule has 0 bridgehead atoms. The third-order valence-corrected chi connectivity index (χ3v) is 7.81. The Morgan fingerprint density at radius 1 is 1.00 bits per heavy atom. The molecule has 0 saturated heterocycles. The lowest BCUT2D eigenvalue weighted by Crippen LogP contribution is -2.52. The van der Waals surface area contributed by atoms with Crippen LogP contribution in [0.2, 0.25) is 0 Å². The molecular weight excluding hydrogens is 502 g/mol. The van der Waals surface area contributed by atoms with Gasteiger partial charge in [0.15, 0.2) is 5.65 Å². The lowest BCUT2D eigenvalue weighted by atomic mass is 9.90. The highest BCUT2D eigenvalue weighted by Crippen LogP contribution is 2.36. The number of aliphatic hydroxyl groups excluding tert-OH is 1. The maximum absolute atomic E-state index is 11.0. The molecule has 2 heterocycles. The zero-order valence-electron chi connectivity index (χ0n) is 23.9. The summed E-state index contributed by atoms with van der Waals surface area (Å²) in [6, 6.07) is 18.1. The van der Waals surface area contributed by atoms with Crippen molar-refractivity contribution in [3.63, 3.8) is 0 Å². The Kier molecular flexibility index (Phi) is 8.63. The van der Waals surface area contributed by atoms with Gasteiger partial charge in [0.25, 0.3) is 0 Å². The van der Waals surface area contributed by atoms with E-state index in [1.165, 1.54) is 6.33 Å². The van der Waals surface area contributed by atoms with Gasteiger partial charge >= 0.3 is 0 Å². The van der Waals surface area contributed by atoms with Gasteiger partial charge < -0.3 is 20.5 Å². The summed E-state index contributed by atoms with van der Waals surface area (Å²) in [4.78, 5) is 11.0. The van der Waals surface area contributed by atoms with Crippen LogP contribution in [0.25, 0.3) is 22.3 Å². The summed E-state index contributed by atoms with van der Waals surface area (Å²) in [5, 5.41) is 20.3. The fourth-order valence-electron chi connectivity index (χ4n) is 5.70. The van der Waals surface area contributed by atoms with E-state index in [9.17, 15) is 5.11 Å². The largest absolute Gasteiger partial charge is 0.457 e. The summed E-state index contributed by atoms with van der Waals surface area (Å²) >= 11 is 0. The maximum atomic E-state index is 11.0. The molecule has 1 aliphatic carbocycles. The Morgan fingerprint density at radius 3 is 2.33 bits per heavy atom. The zero-order chi connectivity index (χ0) is 28.2. The molecule has 1 aliphatic rings. The van der Waals surface area contributed by atoms with Crippen LogP contribution in [0.3, 0.4) is 0 Å². The molecule has 1 fully saturated rings. The van der Waals surface area contributed by atoms with Crippen LogP contribution in [0, 0.1) is 5.92 Å². The predicted molar refractivity (Wildman–Crippen MR) is 159 cm³/mol. The van der Waals surface area contributed by atoms with Crippen molar-refractivity contribution in [3.8, 4) is 22.8 Å². The van der Waals surface area contributed by atoms with Crippen molar-refractivity contribution in [2.75, 3.05) is 19.8 Å². The summed E-state index contributed by atoms with van der Waals surface area (Å²) < 4.78 is 8.00. The molecule has 9 nitrogen and oxygen atoms in total. The number of hydrogen-bond donors (Lipinski definition) is 3. The molecule has 1 saturated carbocycles. The third kappa shape index (κ3) is 6.27. The molecule has 4 N–H and O–H groups in total. The van der Waals surface area contributed by atoms with Gasteiger partial charge in [-0.3, -0.25) is 5.32 Å². The van der Waals surface area contributed by atoms with Crippen LogP contribution in [0.1, 0.15) is 52.0 Å². The number of likely N-dealkylation sites (N-methyl/N-ethyl adjacent to an activating group) is 1. The minimum atomic E-state index is -0.558. The zero-order valence-corrected chi connectivity index (χ0v) is 23.9. The second kappa shape index (κ2) is 12.3. The van der Waals surface area contributed by atoms with E-state index in [0.717, 1.165) is 65.9 Å². The van der Waals surface area contributed by atoms with Crippen molar-refractivity contribution in [2.45, 2.75) is 70.3 Å². The average molecular weight is 544 g/mol. The van der Waals surface area contributed by atoms with Gasteiger partial charge in [0.05, 0.1) is 11.4 Å². The number of aromatic nitrogens is 4. The number of nitrogens with zero attached hydrogens (tertiary/aromatic N) is 5. The number of ether oxygens (including phenoxy) is 1. The summed E-state index contributed by atoms with van der Waals surface area (Å²) in [5.74, 6) is 2.48. The van der Waals surface area contributed by atoms with E-state index >= 15 is 0 Å². The average Bonchev–Trinajstić information content (AvgIpc) is 3.34. The van der Waals surface area contributed by atoms with Crippen molar-refractivity contribution < 1.29 is 9.84 Å². The smallest absolute Gasteiger partial charge is 0.164 e. The topological polar surface area (TPSA) is 114 Å². The fraction of sp³-hybridized carbons (Fsp3) is 0.452. The number of benzene rings is 2. The van der Waals surface area contributed by atoms with Gasteiger partial charge in [-0.15, -0.1) is 0 Å². The van der Waals surface area contributed by atoms with Crippen molar-refractivity contribution >= 4 is 16.9 Å². The fourth-order valence-corrected chi connectivity index (χ4v) is 5.70. The second-order valence-corrected chi connectivity index (χ2v) is 11.5. The van der Waals surface area contributed by atoms with E-state index in [0.29, 0.717) is 11.7 Å². The SMILES string of the molecule is CC(C)C[C@H](C(O)N[C@H]1CC[C@@H](n2nc(-c3ccc(Oc4ccccc4)cc3)c3c(N)ncnc32)CC1)N(C)C. The molecular formula is C31H41N7O2. The van der Waals surface area contributed by atoms with Crippen molar-refractivity contribution in [1.82, 2.24) is 30.0 Å². The third-order valence-electron chi connectivity index (χ3n) is 7.81. The molecule has 2 aromatic heterocycles. The molecule has 0 aliphatic heterocycles. The van der Waals surface area contributed by atoms with E-state index in [1.54, 1.807) is 0 Å². The van der Waals surface area contributed by atoms with E-state index in [-0.39, 0.29) is 18.1 Å². The number of aliphatic hydroxyl groups is 1. The molecule has 0 radical (unpaired) electrons. The maximum Gasteiger partial charge on any atom is 0.164 e. The Morgan fingerprint density at radius 2 is 1.68 bits per heavy atom. The number of nitrogens with one attached hydrogen (secondary N) is 1. The first-order valence-corrected chi connectivity index (χ1v) is 14.2. The van der Waals surface area contributed by atoms with Gasteiger partial charge in [-0.05, 0) is 88.5 Å². The van der Waals surface area contributed by atoms with Crippen LogP contribution in [-0.2, 0) is 0 Å². The normalized spacial score (nSPS) is 19.3. The van der Waals surface area contributed by atoms with E-state index in [1.807, 2.05) is 73.4 Å². The lowest BCUT2D eigenvalue weighted by Gasteiger charge is -2.36. The summed E-state index contributed by atoms with van der Waals surface area (Å²) in [5.41, 5.74) is 8.83. The molecule has 1 unspecified atom stereocenters. The van der Waals surface area contributed by atoms with Crippen molar-refractivity contribution in [3.05, 3.63) is 60.9 Å². The second-order valence-electron chi connectivity index (χ2n) is 11.5. The number of nitrogen functional groups attached to an aromatic ring is 1. The Hall–Kier alpha value is -3.53. The Labute approximate surface area is 236 Å². The number of para-hydroxylation sites is 1. The van der Waals surface area contributed by atoms with Gasteiger partial charge in [-0.2, -0.15) is 5.10 Å². The first-order valence-electron chi connectivity index (χ1n) is 14.2. The van der Waals surface area contributed by atoms with Crippen molar-refractivity contribution in [2.24, 2.45) is 5.92 Å². The Bertz CT molecular complexity index is 1380. The highest BCUT2D eigenvalue weighted by atomic mass is 16.5. The van der Waals surface area contributed by atoms with Gasteiger partial charge in [0.2, 0.25) is 0 Å². The van der Waals surface area contributed by atoms with Crippen LogP contribution in [0.5, 0.6) is 11.5 Å². The molecule has 4 aromatic rings. The number of hydrogen-bond acceptors (Lipinski definition) is 8. The first-order chi connectivity index (χ1) is 19.3. The molecule has 5 rings (SSSR count). The number of nitrogens with two attached hydrogens (primary N) is 1. The molecule has 212 valence electrons. The lowest BCUT2D eigenvalue weighted by molar-refractivity contribution is 0.0242. The molecule has 2 atom stereocenters. The van der Waals surface area contributed by atoms with Crippen LogP contribution < -0.4 is 15.8 Å². The summed E-state index contributed by atoms with van der Waals surface area (Å²) in [7, 11) is 4.07. The van der Waals surface area contributed by atoms with E-state index in [4.69, 9.17) is 15.6 Å². The molecule has 0 amide bonds. The first kappa shape index (κ1) is 28.0. The van der Waals surface area contributed by atoms with E-state index < -0.39 is 6.23 Å². The van der Waals surface area contributed by atoms with Crippen molar-refractivity contribution in [1.29, 1.82) is 0 Å².